The Hall–Kier alpha value is -1.42. The maximum Gasteiger partial charge on any atom is 0.223 e. The van der Waals surface area contributed by atoms with E-state index in [2.05, 4.69) is 12.1 Å². The number of carbonyl (C=O) groups excluding carboxylic acids is 1. The van der Waals surface area contributed by atoms with E-state index in [0.717, 1.165) is 25.1 Å². The van der Waals surface area contributed by atoms with Gasteiger partial charge in [0.1, 0.15) is 0 Å². The van der Waals surface area contributed by atoms with Gasteiger partial charge in [-0.15, -0.1) is 0 Å². The molecule has 0 aromatic carbocycles. The van der Waals surface area contributed by atoms with Crippen LogP contribution in [0.3, 0.4) is 0 Å². The highest BCUT2D eigenvalue weighted by Crippen LogP contribution is 2.24. The first-order chi connectivity index (χ1) is 10.3. The van der Waals surface area contributed by atoms with Gasteiger partial charge < -0.3 is 9.64 Å². The first-order valence-corrected chi connectivity index (χ1v) is 8.00. The lowest BCUT2D eigenvalue weighted by Gasteiger charge is -2.17. The van der Waals surface area contributed by atoms with Crippen molar-refractivity contribution in [3.8, 4) is 0 Å². The molecule has 3 rings (SSSR count). The zero-order valence-corrected chi connectivity index (χ0v) is 12.8. The molecule has 1 aromatic heterocycles. The molecular formula is C17H24N2O2. The maximum absolute atomic E-state index is 12.0. The number of pyridine rings is 1. The molecule has 4 nitrogen and oxygen atoms in total. The van der Waals surface area contributed by atoms with E-state index in [1.165, 1.54) is 30.5 Å². The molecule has 114 valence electrons. The van der Waals surface area contributed by atoms with Gasteiger partial charge in [0.2, 0.25) is 5.91 Å². The molecule has 21 heavy (non-hydrogen) atoms. The van der Waals surface area contributed by atoms with Crippen molar-refractivity contribution >= 4 is 5.91 Å². The number of likely N-dealkylation sites (tertiary alicyclic amines) is 1. The Morgan fingerprint density at radius 3 is 3.05 bits per heavy atom. The lowest BCUT2D eigenvalue weighted by atomic mass is 9.94. The van der Waals surface area contributed by atoms with Crippen molar-refractivity contribution in [3.63, 3.8) is 0 Å². The van der Waals surface area contributed by atoms with Crippen LogP contribution in [-0.2, 0) is 28.8 Å². The van der Waals surface area contributed by atoms with E-state index in [4.69, 9.17) is 9.72 Å². The second-order valence-corrected chi connectivity index (χ2v) is 6.22. The van der Waals surface area contributed by atoms with Crippen LogP contribution in [0.1, 0.15) is 36.2 Å². The number of aromatic nitrogens is 1. The summed E-state index contributed by atoms with van der Waals surface area (Å²) in [6.07, 6.45) is 6.42. The van der Waals surface area contributed by atoms with Crippen LogP contribution in [-0.4, -0.2) is 42.6 Å². The van der Waals surface area contributed by atoms with Crippen molar-refractivity contribution in [1.82, 2.24) is 9.88 Å². The lowest BCUT2D eigenvalue weighted by Crippen LogP contribution is -2.29. The summed E-state index contributed by atoms with van der Waals surface area (Å²) in [6.45, 7) is 2.18. The van der Waals surface area contributed by atoms with E-state index in [1.807, 2.05) is 4.90 Å². The fourth-order valence-corrected chi connectivity index (χ4v) is 3.45. The normalized spacial score (nSPS) is 21.7. The van der Waals surface area contributed by atoms with Gasteiger partial charge in [-0.3, -0.25) is 9.78 Å². The summed E-state index contributed by atoms with van der Waals surface area (Å²) in [6, 6.07) is 4.41. The zero-order valence-electron chi connectivity index (χ0n) is 12.8. The van der Waals surface area contributed by atoms with Gasteiger partial charge in [-0.25, -0.2) is 0 Å². The van der Waals surface area contributed by atoms with E-state index >= 15 is 0 Å². The van der Waals surface area contributed by atoms with Crippen LogP contribution in [0.25, 0.3) is 0 Å². The van der Waals surface area contributed by atoms with Crippen LogP contribution in [0.5, 0.6) is 0 Å². The number of amides is 1. The highest BCUT2D eigenvalue weighted by atomic mass is 16.5. The summed E-state index contributed by atoms with van der Waals surface area (Å²) in [5.41, 5.74) is 3.87. The van der Waals surface area contributed by atoms with Crippen LogP contribution in [0.15, 0.2) is 12.1 Å². The summed E-state index contributed by atoms with van der Waals surface area (Å²) < 4.78 is 5.06. The van der Waals surface area contributed by atoms with E-state index in [0.29, 0.717) is 25.5 Å². The molecule has 0 radical (unpaired) electrons. The van der Waals surface area contributed by atoms with Crippen molar-refractivity contribution in [2.24, 2.45) is 5.92 Å². The maximum atomic E-state index is 12.0. The van der Waals surface area contributed by atoms with Crippen molar-refractivity contribution in [1.29, 1.82) is 0 Å². The second-order valence-electron chi connectivity index (χ2n) is 6.22. The summed E-state index contributed by atoms with van der Waals surface area (Å²) in [5.74, 6) is 0.665. The number of hydrogen-bond acceptors (Lipinski definition) is 3. The number of ether oxygens (including phenoxy) is 1. The van der Waals surface area contributed by atoms with Crippen molar-refractivity contribution in [3.05, 3.63) is 29.1 Å². The highest BCUT2D eigenvalue weighted by molar-refractivity contribution is 5.78. The van der Waals surface area contributed by atoms with Crippen molar-refractivity contribution in [2.75, 3.05) is 26.8 Å². The molecule has 0 saturated carbocycles. The Kier molecular flexibility index (Phi) is 4.54. The topological polar surface area (TPSA) is 42.4 Å². The Morgan fingerprint density at radius 1 is 1.33 bits per heavy atom. The summed E-state index contributed by atoms with van der Waals surface area (Å²) in [7, 11) is 1.68. The van der Waals surface area contributed by atoms with Gasteiger partial charge in [0.15, 0.2) is 0 Å². The molecule has 1 amide bonds. The minimum absolute atomic E-state index is 0.259. The van der Waals surface area contributed by atoms with Crippen LogP contribution in [0.2, 0.25) is 0 Å². The van der Waals surface area contributed by atoms with Crippen molar-refractivity contribution in [2.45, 2.75) is 38.5 Å². The van der Waals surface area contributed by atoms with Gasteiger partial charge in [-0.2, -0.15) is 0 Å². The predicted molar refractivity (Wildman–Crippen MR) is 81.1 cm³/mol. The van der Waals surface area contributed by atoms with Crippen LogP contribution in [0, 0.1) is 5.92 Å². The monoisotopic (exact) mass is 288 g/mol. The number of carbonyl (C=O) groups is 1. The number of aryl methyl sites for hydroxylation is 2. The van der Waals surface area contributed by atoms with Crippen molar-refractivity contribution < 1.29 is 9.53 Å². The molecule has 1 aliphatic carbocycles. The molecular weight excluding hydrogens is 264 g/mol. The minimum Gasteiger partial charge on any atom is -0.383 e. The molecule has 1 aliphatic heterocycles. The molecule has 0 spiro atoms. The Labute approximate surface area is 126 Å². The van der Waals surface area contributed by atoms with Gasteiger partial charge in [0, 0.05) is 38.0 Å². The fraction of sp³-hybridized carbons (Fsp3) is 0.647. The zero-order chi connectivity index (χ0) is 14.7. The minimum atomic E-state index is 0.259. The standard InChI is InChI=1S/C17H24N2O2/c1-21-9-8-19-12-13(11-17(19)20)10-15-7-6-14-4-2-3-5-16(14)18-15/h6-7,13H,2-5,8-12H2,1H3. The average molecular weight is 288 g/mol. The molecule has 2 heterocycles. The van der Waals surface area contributed by atoms with Gasteiger partial charge in [-0.1, -0.05) is 6.07 Å². The molecule has 0 N–H and O–H groups in total. The molecule has 1 saturated heterocycles. The third-order valence-electron chi connectivity index (χ3n) is 4.59. The van der Waals surface area contributed by atoms with E-state index in [-0.39, 0.29) is 5.91 Å². The Bertz CT molecular complexity index is 516. The third kappa shape index (κ3) is 3.43. The van der Waals surface area contributed by atoms with E-state index < -0.39 is 0 Å². The number of methoxy groups -OCH3 is 1. The third-order valence-corrected chi connectivity index (χ3v) is 4.59. The number of fused-ring (bicyclic) bond motifs is 1. The van der Waals surface area contributed by atoms with Crippen LogP contribution >= 0.6 is 0 Å². The molecule has 4 heteroatoms. The summed E-state index contributed by atoms with van der Waals surface area (Å²) in [5, 5.41) is 0. The van der Waals surface area contributed by atoms with E-state index in [9.17, 15) is 4.79 Å². The van der Waals surface area contributed by atoms with Crippen LogP contribution in [0.4, 0.5) is 0 Å². The first-order valence-electron chi connectivity index (χ1n) is 8.00. The molecule has 1 atom stereocenters. The fourth-order valence-electron chi connectivity index (χ4n) is 3.45. The molecule has 1 aromatic rings. The number of nitrogens with zero attached hydrogens (tertiary/aromatic N) is 2. The largest absolute Gasteiger partial charge is 0.383 e. The molecule has 1 unspecified atom stereocenters. The van der Waals surface area contributed by atoms with Gasteiger partial charge in [0.25, 0.3) is 0 Å². The Balaban J connectivity index is 1.61. The number of hydrogen-bond donors (Lipinski definition) is 0. The van der Waals surface area contributed by atoms with Crippen LogP contribution < -0.4 is 0 Å². The second kappa shape index (κ2) is 6.56. The summed E-state index contributed by atoms with van der Waals surface area (Å²) >= 11 is 0. The molecule has 2 aliphatic rings. The SMILES string of the molecule is COCCN1CC(Cc2ccc3c(n2)CCCC3)CC1=O. The molecule has 1 fully saturated rings. The Morgan fingerprint density at radius 2 is 2.19 bits per heavy atom. The quantitative estimate of drug-likeness (QED) is 0.832. The van der Waals surface area contributed by atoms with E-state index in [1.54, 1.807) is 7.11 Å². The number of rotatable bonds is 5. The smallest absolute Gasteiger partial charge is 0.223 e. The summed E-state index contributed by atoms with van der Waals surface area (Å²) in [4.78, 5) is 18.7. The lowest BCUT2D eigenvalue weighted by molar-refractivity contribution is -0.128. The van der Waals surface area contributed by atoms with Gasteiger partial charge in [0.05, 0.1) is 6.61 Å². The van der Waals surface area contributed by atoms with Gasteiger partial charge >= 0.3 is 0 Å². The first kappa shape index (κ1) is 14.5. The predicted octanol–water partition coefficient (Wildman–Crippen LogP) is 2.00. The average Bonchev–Trinajstić information content (AvgIpc) is 2.84. The highest BCUT2D eigenvalue weighted by Gasteiger charge is 2.29. The molecule has 0 bridgehead atoms. The van der Waals surface area contributed by atoms with Gasteiger partial charge in [-0.05, 0) is 49.7 Å².